The maximum absolute atomic E-state index is 13.0. The molecule has 0 saturated heterocycles. The molecule has 0 spiro atoms. The average Bonchev–Trinajstić information content (AvgIpc) is 2.07. The van der Waals surface area contributed by atoms with E-state index in [4.69, 9.17) is 11.6 Å². The summed E-state index contributed by atoms with van der Waals surface area (Å²) >= 11 is 6.08. The Hall–Kier alpha value is -0.760. The molecule has 0 aromatic heterocycles. The van der Waals surface area contributed by atoms with Crippen molar-refractivity contribution in [3.63, 3.8) is 0 Å². The maximum atomic E-state index is 13.0. The Kier molecular flexibility index (Phi) is 2.16. The van der Waals surface area contributed by atoms with Gasteiger partial charge in [0.25, 0.3) is 0 Å². The molecule has 2 rings (SSSR count). The first-order valence-corrected chi connectivity index (χ1v) is 4.80. The highest BCUT2D eigenvalue weighted by molar-refractivity contribution is 6.21. The van der Waals surface area contributed by atoms with Gasteiger partial charge in [-0.15, -0.1) is 11.6 Å². The summed E-state index contributed by atoms with van der Waals surface area (Å²) in [6.45, 7) is 2.76. The van der Waals surface area contributed by atoms with Crippen LogP contribution in [0.25, 0.3) is 0 Å². The highest BCUT2D eigenvalue weighted by Gasteiger charge is 2.19. The Morgan fingerprint density at radius 1 is 1.54 bits per heavy atom. The largest absolute Gasteiger partial charge is 0.384 e. The van der Waals surface area contributed by atoms with Crippen LogP contribution in [0.2, 0.25) is 0 Å². The lowest BCUT2D eigenvalue weighted by atomic mass is 9.99. The van der Waals surface area contributed by atoms with Gasteiger partial charge in [-0.3, -0.25) is 0 Å². The maximum Gasteiger partial charge on any atom is 0.123 e. The van der Waals surface area contributed by atoms with E-state index in [1.165, 1.54) is 12.1 Å². The molecule has 70 valence electrons. The molecule has 1 aromatic carbocycles. The van der Waals surface area contributed by atoms with Crippen molar-refractivity contribution in [2.45, 2.75) is 18.7 Å². The van der Waals surface area contributed by atoms with E-state index < -0.39 is 0 Å². The molecule has 0 saturated carbocycles. The topological polar surface area (TPSA) is 12.0 Å². The van der Waals surface area contributed by atoms with Gasteiger partial charge < -0.3 is 5.32 Å². The second-order valence-electron chi connectivity index (χ2n) is 3.37. The van der Waals surface area contributed by atoms with Crippen molar-refractivity contribution in [1.82, 2.24) is 0 Å². The minimum Gasteiger partial charge on any atom is -0.384 e. The molecule has 1 heterocycles. The van der Waals surface area contributed by atoms with Crippen LogP contribution in [-0.2, 0) is 0 Å². The van der Waals surface area contributed by atoms with Crippen LogP contribution in [0.15, 0.2) is 12.1 Å². The number of alkyl halides is 1. The van der Waals surface area contributed by atoms with Crippen LogP contribution in [0.4, 0.5) is 10.1 Å². The molecule has 0 amide bonds. The number of rotatable bonds is 0. The standard InChI is InChI=1S/C10H11ClFN/c1-6-4-7(12)5-8-9(11)2-3-13-10(6)8/h4-5,9,13H,2-3H2,1H3. The molecular weight excluding hydrogens is 189 g/mol. The molecule has 1 aromatic rings. The van der Waals surface area contributed by atoms with E-state index in [9.17, 15) is 4.39 Å². The predicted octanol–water partition coefficient (Wildman–Crippen LogP) is 3.23. The average molecular weight is 200 g/mol. The molecule has 1 aliphatic heterocycles. The van der Waals surface area contributed by atoms with Crippen LogP contribution >= 0.6 is 11.6 Å². The van der Waals surface area contributed by atoms with Gasteiger partial charge >= 0.3 is 0 Å². The molecule has 1 unspecified atom stereocenters. The number of anilines is 1. The van der Waals surface area contributed by atoms with Crippen molar-refractivity contribution in [3.05, 3.63) is 29.1 Å². The van der Waals surface area contributed by atoms with Gasteiger partial charge in [-0.1, -0.05) is 0 Å². The molecule has 3 heteroatoms. The van der Waals surface area contributed by atoms with Gasteiger partial charge in [-0.25, -0.2) is 4.39 Å². The van der Waals surface area contributed by atoms with Crippen molar-refractivity contribution < 1.29 is 4.39 Å². The minimum atomic E-state index is -0.203. The Morgan fingerprint density at radius 2 is 2.31 bits per heavy atom. The molecule has 0 bridgehead atoms. The fourth-order valence-corrected chi connectivity index (χ4v) is 2.02. The minimum absolute atomic E-state index is 0.0503. The van der Waals surface area contributed by atoms with Crippen molar-refractivity contribution in [2.75, 3.05) is 11.9 Å². The summed E-state index contributed by atoms with van der Waals surface area (Å²) in [5, 5.41) is 3.19. The Bertz CT molecular complexity index is 338. The first-order valence-electron chi connectivity index (χ1n) is 4.36. The zero-order chi connectivity index (χ0) is 9.42. The third-order valence-corrected chi connectivity index (χ3v) is 2.82. The first kappa shape index (κ1) is 8.82. The Labute approximate surface area is 81.9 Å². The van der Waals surface area contributed by atoms with E-state index in [0.717, 1.165) is 29.8 Å². The number of hydrogen-bond donors (Lipinski definition) is 1. The lowest BCUT2D eigenvalue weighted by Gasteiger charge is -2.24. The van der Waals surface area contributed by atoms with E-state index in [1.54, 1.807) is 0 Å². The number of hydrogen-bond acceptors (Lipinski definition) is 1. The van der Waals surface area contributed by atoms with Gasteiger partial charge in [0.05, 0.1) is 5.38 Å². The Balaban J connectivity index is 2.56. The van der Waals surface area contributed by atoms with Crippen LogP contribution in [0, 0.1) is 12.7 Å². The number of fused-ring (bicyclic) bond motifs is 1. The third kappa shape index (κ3) is 1.51. The number of benzene rings is 1. The molecule has 1 nitrogen and oxygen atoms in total. The van der Waals surface area contributed by atoms with Gasteiger partial charge in [0, 0.05) is 12.2 Å². The van der Waals surface area contributed by atoms with E-state index >= 15 is 0 Å². The fourth-order valence-electron chi connectivity index (χ4n) is 1.74. The first-order chi connectivity index (χ1) is 6.18. The summed E-state index contributed by atoms with van der Waals surface area (Å²) in [7, 11) is 0. The van der Waals surface area contributed by atoms with E-state index in [0.29, 0.717) is 0 Å². The van der Waals surface area contributed by atoms with Gasteiger partial charge in [0.15, 0.2) is 0 Å². The SMILES string of the molecule is Cc1cc(F)cc2c1NCCC2Cl. The molecule has 0 aliphatic carbocycles. The van der Waals surface area contributed by atoms with Gasteiger partial charge in [-0.2, -0.15) is 0 Å². The fraction of sp³-hybridized carbons (Fsp3) is 0.400. The normalized spacial score (nSPS) is 20.7. The quantitative estimate of drug-likeness (QED) is 0.633. The number of nitrogens with one attached hydrogen (secondary N) is 1. The second kappa shape index (κ2) is 3.18. The summed E-state index contributed by atoms with van der Waals surface area (Å²) < 4.78 is 13.0. The van der Waals surface area contributed by atoms with Gasteiger partial charge in [0.2, 0.25) is 0 Å². The van der Waals surface area contributed by atoms with Crippen molar-refractivity contribution in [2.24, 2.45) is 0 Å². The van der Waals surface area contributed by atoms with Crippen molar-refractivity contribution in [3.8, 4) is 0 Å². The summed E-state index contributed by atoms with van der Waals surface area (Å²) in [5.41, 5.74) is 2.83. The van der Waals surface area contributed by atoms with Crippen LogP contribution < -0.4 is 5.32 Å². The number of aryl methyl sites for hydroxylation is 1. The molecule has 1 aliphatic rings. The molecule has 0 radical (unpaired) electrons. The molecule has 13 heavy (non-hydrogen) atoms. The molecule has 1 N–H and O–H groups in total. The van der Waals surface area contributed by atoms with Crippen molar-refractivity contribution in [1.29, 1.82) is 0 Å². The smallest absolute Gasteiger partial charge is 0.123 e. The van der Waals surface area contributed by atoms with Crippen LogP contribution in [0.3, 0.4) is 0 Å². The van der Waals surface area contributed by atoms with E-state index in [-0.39, 0.29) is 11.2 Å². The highest BCUT2D eigenvalue weighted by Crippen LogP contribution is 2.36. The third-order valence-electron chi connectivity index (χ3n) is 2.37. The summed E-state index contributed by atoms with van der Waals surface area (Å²) in [6, 6.07) is 3.05. The summed E-state index contributed by atoms with van der Waals surface area (Å²) in [6.07, 6.45) is 0.859. The second-order valence-corrected chi connectivity index (χ2v) is 3.90. The molecular formula is C10H11ClFN. The highest BCUT2D eigenvalue weighted by atomic mass is 35.5. The predicted molar refractivity (Wildman–Crippen MR) is 52.8 cm³/mol. The lowest BCUT2D eigenvalue weighted by Crippen LogP contribution is -2.15. The van der Waals surface area contributed by atoms with E-state index in [2.05, 4.69) is 5.32 Å². The van der Waals surface area contributed by atoms with Crippen LogP contribution in [-0.4, -0.2) is 6.54 Å². The Morgan fingerprint density at radius 3 is 3.08 bits per heavy atom. The number of halogens is 2. The molecule has 1 atom stereocenters. The summed E-state index contributed by atoms with van der Waals surface area (Å²) in [4.78, 5) is 0. The van der Waals surface area contributed by atoms with Crippen LogP contribution in [0.1, 0.15) is 22.9 Å². The lowest BCUT2D eigenvalue weighted by molar-refractivity contribution is 0.621. The van der Waals surface area contributed by atoms with E-state index in [1.807, 2.05) is 6.92 Å². The zero-order valence-corrected chi connectivity index (χ0v) is 8.16. The monoisotopic (exact) mass is 199 g/mol. The zero-order valence-electron chi connectivity index (χ0n) is 7.40. The van der Waals surface area contributed by atoms with Crippen molar-refractivity contribution >= 4 is 17.3 Å². The van der Waals surface area contributed by atoms with Gasteiger partial charge in [0.1, 0.15) is 5.82 Å². The van der Waals surface area contributed by atoms with Gasteiger partial charge in [-0.05, 0) is 36.6 Å². The molecule has 0 fully saturated rings. The summed E-state index contributed by atoms with van der Waals surface area (Å²) in [5.74, 6) is -0.203. The van der Waals surface area contributed by atoms with Crippen LogP contribution in [0.5, 0.6) is 0 Å².